The molecule has 3 rings (SSSR count). The molecule has 1 aromatic carbocycles. The Labute approximate surface area is 136 Å². The van der Waals surface area contributed by atoms with Crippen molar-refractivity contribution in [3.05, 3.63) is 35.6 Å². The van der Waals surface area contributed by atoms with Crippen LogP contribution < -0.4 is 0 Å². The molecule has 2 nitrogen and oxygen atoms in total. The van der Waals surface area contributed by atoms with Gasteiger partial charge in [0, 0.05) is 35.6 Å². The molecule has 120 valence electrons. The summed E-state index contributed by atoms with van der Waals surface area (Å²) in [6.45, 7) is 1.58. The first kappa shape index (κ1) is 15.9. The van der Waals surface area contributed by atoms with Gasteiger partial charge in [-0.25, -0.2) is 4.39 Å². The second kappa shape index (κ2) is 7.49. The number of carbonyl (C=O) groups excluding carboxylic acids is 1. The molecule has 0 bridgehead atoms. The highest BCUT2D eigenvalue weighted by molar-refractivity contribution is 7.99. The van der Waals surface area contributed by atoms with Gasteiger partial charge in [-0.05, 0) is 25.3 Å². The molecule has 22 heavy (non-hydrogen) atoms. The van der Waals surface area contributed by atoms with E-state index in [1.54, 1.807) is 17.8 Å². The minimum Gasteiger partial charge on any atom is -0.342 e. The molecule has 4 heteroatoms. The van der Waals surface area contributed by atoms with E-state index in [1.807, 2.05) is 17.0 Å². The number of hydrogen-bond donors (Lipinski definition) is 0. The number of rotatable bonds is 2. The second-order valence-electron chi connectivity index (χ2n) is 6.33. The molecule has 1 aromatic rings. The molecular formula is C18H24FNOS. The Bertz CT molecular complexity index is 516. The lowest BCUT2D eigenvalue weighted by atomic mass is 9.88. The maximum absolute atomic E-state index is 14.0. The summed E-state index contributed by atoms with van der Waals surface area (Å²) in [6.07, 6.45) is 6.62. The van der Waals surface area contributed by atoms with Gasteiger partial charge >= 0.3 is 0 Å². The Morgan fingerprint density at radius 3 is 2.64 bits per heavy atom. The van der Waals surface area contributed by atoms with Crippen LogP contribution in [0.4, 0.5) is 4.39 Å². The quantitative estimate of drug-likeness (QED) is 0.804. The maximum atomic E-state index is 14.0. The second-order valence-corrected chi connectivity index (χ2v) is 7.64. The van der Waals surface area contributed by atoms with E-state index in [-0.39, 0.29) is 17.0 Å². The van der Waals surface area contributed by atoms with E-state index in [2.05, 4.69) is 0 Å². The van der Waals surface area contributed by atoms with E-state index in [1.165, 1.54) is 25.3 Å². The molecule has 0 radical (unpaired) electrons. The van der Waals surface area contributed by atoms with Gasteiger partial charge in [-0.3, -0.25) is 4.79 Å². The number of hydrogen-bond acceptors (Lipinski definition) is 2. The zero-order chi connectivity index (χ0) is 15.4. The average molecular weight is 321 g/mol. The van der Waals surface area contributed by atoms with Crippen LogP contribution in [0.5, 0.6) is 0 Å². The van der Waals surface area contributed by atoms with E-state index in [9.17, 15) is 9.18 Å². The Morgan fingerprint density at radius 1 is 1.09 bits per heavy atom. The van der Waals surface area contributed by atoms with Gasteiger partial charge in [0.25, 0.3) is 0 Å². The highest BCUT2D eigenvalue weighted by atomic mass is 32.2. The van der Waals surface area contributed by atoms with E-state index < -0.39 is 0 Å². The normalized spacial score (nSPS) is 24.0. The first-order valence-corrected chi connectivity index (χ1v) is 9.45. The Kier molecular flexibility index (Phi) is 5.40. The summed E-state index contributed by atoms with van der Waals surface area (Å²) in [4.78, 5) is 14.7. The van der Waals surface area contributed by atoms with Gasteiger partial charge in [0.2, 0.25) is 5.91 Å². The molecule has 1 aliphatic heterocycles. The van der Waals surface area contributed by atoms with Crippen molar-refractivity contribution in [3.8, 4) is 0 Å². The van der Waals surface area contributed by atoms with Crippen molar-refractivity contribution in [3.63, 3.8) is 0 Å². The van der Waals surface area contributed by atoms with Gasteiger partial charge in [0.05, 0.1) is 0 Å². The van der Waals surface area contributed by atoms with E-state index in [0.717, 1.165) is 43.7 Å². The van der Waals surface area contributed by atoms with Crippen LogP contribution in [-0.4, -0.2) is 29.6 Å². The number of amides is 1. The summed E-state index contributed by atoms with van der Waals surface area (Å²) in [6, 6.07) is 7.05. The molecule has 0 spiro atoms. The molecule has 1 unspecified atom stereocenters. The Balaban J connectivity index is 1.62. The fraction of sp³-hybridized carbons (Fsp3) is 0.611. The highest BCUT2D eigenvalue weighted by Gasteiger charge is 2.28. The van der Waals surface area contributed by atoms with Crippen molar-refractivity contribution in [1.82, 2.24) is 4.90 Å². The minimum absolute atomic E-state index is 0.118. The SMILES string of the molecule is O=C(C1CCCCC1)N1CCSC(c2ccccc2F)CC1. The van der Waals surface area contributed by atoms with Crippen LogP contribution in [0.15, 0.2) is 24.3 Å². The van der Waals surface area contributed by atoms with Crippen LogP contribution in [0.3, 0.4) is 0 Å². The van der Waals surface area contributed by atoms with Crippen LogP contribution in [0, 0.1) is 11.7 Å². The first-order valence-electron chi connectivity index (χ1n) is 8.40. The molecule has 2 fully saturated rings. The average Bonchev–Trinajstić information content (AvgIpc) is 2.81. The minimum atomic E-state index is -0.118. The Hall–Kier alpha value is -1.03. The summed E-state index contributed by atoms with van der Waals surface area (Å²) in [5.41, 5.74) is 0.791. The van der Waals surface area contributed by atoms with E-state index in [4.69, 9.17) is 0 Å². The third-order valence-corrected chi connectivity index (χ3v) is 6.17. The summed E-state index contributed by atoms with van der Waals surface area (Å²) < 4.78 is 14.0. The molecule has 0 aromatic heterocycles. The smallest absolute Gasteiger partial charge is 0.225 e. The van der Waals surface area contributed by atoms with Crippen molar-refractivity contribution in [2.45, 2.75) is 43.8 Å². The molecule has 1 atom stereocenters. The van der Waals surface area contributed by atoms with Gasteiger partial charge in [-0.15, -0.1) is 0 Å². The third kappa shape index (κ3) is 3.65. The van der Waals surface area contributed by atoms with Gasteiger partial charge in [0.1, 0.15) is 5.82 Å². The van der Waals surface area contributed by atoms with Gasteiger partial charge in [-0.2, -0.15) is 11.8 Å². The molecule has 1 amide bonds. The monoisotopic (exact) mass is 321 g/mol. The molecule has 2 aliphatic rings. The topological polar surface area (TPSA) is 20.3 Å². The number of carbonyl (C=O) groups is 1. The van der Waals surface area contributed by atoms with E-state index in [0.29, 0.717) is 5.91 Å². The number of benzene rings is 1. The van der Waals surface area contributed by atoms with Gasteiger partial charge in [-0.1, -0.05) is 37.5 Å². The molecular weight excluding hydrogens is 297 g/mol. The van der Waals surface area contributed by atoms with Gasteiger partial charge < -0.3 is 4.90 Å². The zero-order valence-electron chi connectivity index (χ0n) is 13.0. The number of thioether (sulfide) groups is 1. The van der Waals surface area contributed by atoms with Crippen molar-refractivity contribution < 1.29 is 9.18 Å². The summed E-state index contributed by atoms with van der Waals surface area (Å²) in [5, 5.41) is 0.172. The predicted octanol–water partition coefficient (Wildman–Crippen LogP) is 4.41. The number of nitrogens with zero attached hydrogens (tertiary/aromatic N) is 1. The first-order chi connectivity index (χ1) is 10.8. The lowest BCUT2D eigenvalue weighted by molar-refractivity contribution is -0.136. The summed E-state index contributed by atoms with van der Waals surface area (Å²) in [5.74, 6) is 1.36. The fourth-order valence-electron chi connectivity index (χ4n) is 3.58. The van der Waals surface area contributed by atoms with Crippen molar-refractivity contribution in [2.75, 3.05) is 18.8 Å². The lowest BCUT2D eigenvalue weighted by Gasteiger charge is -2.28. The van der Waals surface area contributed by atoms with Gasteiger partial charge in [0.15, 0.2) is 0 Å². The third-order valence-electron chi connectivity index (χ3n) is 4.86. The predicted molar refractivity (Wildman–Crippen MR) is 89.4 cm³/mol. The zero-order valence-corrected chi connectivity index (χ0v) is 13.8. The molecule has 1 aliphatic carbocycles. The van der Waals surface area contributed by atoms with Crippen molar-refractivity contribution in [1.29, 1.82) is 0 Å². The lowest BCUT2D eigenvalue weighted by Crippen LogP contribution is -2.38. The van der Waals surface area contributed by atoms with Crippen molar-refractivity contribution in [2.24, 2.45) is 5.92 Å². The van der Waals surface area contributed by atoms with Crippen LogP contribution in [0.2, 0.25) is 0 Å². The highest BCUT2D eigenvalue weighted by Crippen LogP contribution is 2.36. The van der Waals surface area contributed by atoms with Crippen LogP contribution in [-0.2, 0) is 4.79 Å². The van der Waals surface area contributed by atoms with Crippen LogP contribution in [0.25, 0.3) is 0 Å². The largest absolute Gasteiger partial charge is 0.342 e. The number of halogens is 1. The summed E-state index contributed by atoms with van der Waals surface area (Å²) >= 11 is 1.79. The molecule has 1 heterocycles. The molecule has 1 saturated carbocycles. The van der Waals surface area contributed by atoms with E-state index >= 15 is 0 Å². The van der Waals surface area contributed by atoms with Crippen molar-refractivity contribution >= 4 is 17.7 Å². The fourth-order valence-corrected chi connectivity index (χ4v) is 4.84. The molecule has 1 saturated heterocycles. The summed E-state index contributed by atoms with van der Waals surface area (Å²) in [7, 11) is 0. The van der Waals surface area contributed by atoms with Crippen LogP contribution in [0.1, 0.15) is 49.3 Å². The maximum Gasteiger partial charge on any atom is 0.225 e. The standard InChI is InChI=1S/C18H24FNOS/c19-16-9-5-4-8-15(16)17-10-11-20(12-13-22-17)18(21)14-6-2-1-3-7-14/h4-5,8-9,14,17H,1-3,6-7,10-13H2. The van der Waals surface area contributed by atoms with Crippen LogP contribution >= 0.6 is 11.8 Å². The Morgan fingerprint density at radius 2 is 1.86 bits per heavy atom. The molecule has 0 N–H and O–H groups in total.